The van der Waals surface area contributed by atoms with E-state index >= 15 is 0 Å². The van der Waals surface area contributed by atoms with Crippen LogP contribution in [0, 0.1) is 35.5 Å². The maximum absolute atomic E-state index is 12.7. The number of carbonyl (C=O) groups is 2. The molecule has 36 heavy (non-hydrogen) atoms. The SMILES string of the molecule is CC(=O)C1CC(C)(N(C)c2ccccc2N(C)C2(C)CCC(C(C)C)C(C(C)=O)C2)CCC1C(C)C. The number of hydrogen-bond acceptors (Lipinski definition) is 4. The first-order chi connectivity index (χ1) is 16.7. The molecule has 4 heteroatoms. The molecule has 0 heterocycles. The van der Waals surface area contributed by atoms with E-state index in [0.717, 1.165) is 38.5 Å². The Morgan fingerprint density at radius 3 is 1.36 bits per heavy atom. The number of nitrogens with zero attached hydrogens (tertiary/aromatic N) is 2. The second-order valence-electron chi connectivity index (χ2n) is 13.3. The van der Waals surface area contributed by atoms with E-state index in [-0.39, 0.29) is 22.9 Å². The molecule has 1 aromatic rings. The van der Waals surface area contributed by atoms with E-state index in [1.807, 2.05) is 0 Å². The van der Waals surface area contributed by atoms with Crippen molar-refractivity contribution in [2.45, 2.75) is 105 Å². The summed E-state index contributed by atoms with van der Waals surface area (Å²) in [6.45, 7) is 17.3. The van der Waals surface area contributed by atoms with Gasteiger partial charge in [-0.2, -0.15) is 0 Å². The Bertz CT molecular complexity index is 865. The fraction of sp³-hybridized carbons (Fsp3) is 0.750. The van der Waals surface area contributed by atoms with Gasteiger partial charge in [0.25, 0.3) is 0 Å². The molecule has 6 atom stereocenters. The van der Waals surface area contributed by atoms with Crippen molar-refractivity contribution < 1.29 is 9.59 Å². The summed E-state index contributed by atoms with van der Waals surface area (Å²) in [4.78, 5) is 30.3. The van der Waals surface area contributed by atoms with Crippen molar-refractivity contribution in [3.8, 4) is 0 Å². The maximum Gasteiger partial charge on any atom is 0.133 e. The van der Waals surface area contributed by atoms with Gasteiger partial charge in [0.05, 0.1) is 11.4 Å². The molecule has 0 aliphatic heterocycles. The summed E-state index contributed by atoms with van der Waals surface area (Å²) in [7, 11) is 4.44. The molecule has 2 aliphatic rings. The van der Waals surface area contributed by atoms with Crippen LogP contribution in [-0.2, 0) is 9.59 Å². The zero-order valence-corrected chi connectivity index (χ0v) is 24.7. The van der Waals surface area contributed by atoms with Crippen molar-refractivity contribution in [1.29, 1.82) is 0 Å². The molecule has 2 fully saturated rings. The Morgan fingerprint density at radius 1 is 0.750 bits per heavy atom. The normalized spacial score (nSPS) is 33.0. The second-order valence-corrected chi connectivity index (χ2v) is 13.3. The summed E-state index contributed by atoms with van der Waals surface area (Å²) in [5, 5.41) is 0. The number of para-hydroxylation sites is 2. The van der Waals surface area contributed by atoms with E-state index in [4.69, 9.17) is 0 Å². The minimum absolute atomic E-state index is 0.0726. The van der Waals surface area contributed by atoms with Gasteiger partial charge in [-0.1, -0.05) is 39.8 Å². The Labute approximate surface area is 221 Å². The van der Waals surface area contributed by atoms with E-state index in [1.165, 1.54) is 11.4 Å². The highest BCUT2D eigenvalue weighted by atomic mass is 16.1. The molecule has 3 rings (SSSR count). The summed E-state index contributed by atoms with van der Waals surface area (Å²) < 4.78 is 0. The molecule has 6 unspecified atom stereocenters. The van der Waals surface area contributed by atoms with Gasteiger partial charge in [-0.25, -0.2) is 0 Å². The average Bonchev–Trinajstić information content (AvgIpc) is 2.82. The van der Waals surface area contributed by atoms with Gasteiger partial charge in [0, 0.05) is 37.0 Å². The van der Waals surface area contributed by atoms with E-state index in [9.17, 15) is 9.59 Å². The van der Waals surface area contributed by atoms with Crippen LogP contribution in [0.4, 0.5) is 11.4 Å². The summed E-state index contributed by atoms with van der Waals surface area (Å²) in [6.07, 6.45) is 6.17. The number of hydrogen-bond donors (Lipinski definition) is 0. The van der Waals surface area contributed by atoms with Crippen molar-refractivity contribution in [3.63, 3.8) is 0 Å². The zero-order chi connectivity index (χ0) is 27.0. The Balaban J connectivity index is 1.91. The van der Waals surface area contributed by atoms with Gasteiger partial charge in [-0.15, -0.1) is 0 Å². The van der Waals surface area contributed by atoms with Crippen molar-refractivity contribution in [2.24, 2.45) is 35.5 Å². The second kappa shape index (κ2) is 10.9. The molecule has 0 N–H and O–H groups in total. The molecule has 0 amide bonds. The topological polar surface area (TPSA) is 40.6 Å². The molecular weight excluding hydrogens is 444 g/mol. The lowest BCUT2D eigenvalue weighted by molar-refractivity contribution is -0.125. The van der Waals surface area contributed by atoms with Crippen LogP contribution in [0.1, 0.15) is 93.9 Å². The maximum atomic E-state index is 12.7. The van der Waals surface area contributed by atoms with Gasteiger partial charge in [-0.05, 0) is 102 Å². The number of Topliss-reactive ketones (excluding diaryl/α,β-unsaturated/α-hetero) is 2. The Hall–Kier alpha value is -1.84. The van der Waals surface area contributed by atoms with Gasteiger partial charge >= 0.3 is 0 Å². The first-order valence-corrected chi connectivity index (χ1v) is 14.3. The molecule has 1 aromatic carbocycles. The molecule has 0 bridgehead atoms. The molecule has 4 nitrogen and oxygen atoms in total. The van der Waals surface area contributed by atoms with E-state index in [2.05, 4.69) is 89.7 Å². The van der Waals surface area contributed by atoms with Gasteiger partial charge in [0.15, 0.2) is 0 Å². The molecule has 0 radical (unpaired) electrons. The van der Waals surface area contributed by atoms with Gasteiger partial charge in [0.1, 0.15) is 11.6 Å². The average molecular weight is 497 g/mol. The van der Waals surface area contributed by atoms with Crippen LogP contribution in [0.2, 0.25) is 0 Å². The van der Waals surface area contributed by atoms with Crippen LogP contribution in [0.5, 0.6) is 0 Å². The van der Waals surface area contributed by atoms with Crippen LogP contribution in [0.15, 0.2) is 24.3 Å². The van der Waals surface area contributed by atoms with Gasteiger partial charge in [-0.3, -0.25) is 9.59 Å². The van der Waals surface area contributed by atoms with Gasteiger partial charge < -0.3 is 9.80 Å². The third-order valence-electron chi connectivity index (χ3n) is 10.4. The molecule has 0 saturated heterocycles. The summed E-state index contributed by atoms with van der Waals surface area (Å²) in [5.41, 5.74) is 2.30. The molecule has 2 saturated carbocycles. The van der Waals surface area contributed by atoms with E-state index < -0.39 is 0 Å². The predicted octanol–water partition coefficient (Wildman–Crippen LogP) is 7.40. The highest BCUT2D eigenvalue weighted by molar-refractivity contribution is 5.80. The number of carbonyl (C=O) groups excluding carboxylic acids is 2. The fourth-order valence-electron chi connectivity index (χ4n) is 7.52. The number of ketones is 2. The largest absolute Gasteiger partial charge is 0.367 e. The lowest BCUT2D eigenvalue weighted by Gasteiger charge is -2.52. The van der Waals surface area contributed by atoms with Crippen molar-refractivity contribution in [3.05, 3.63) is 24.3 Å². The Morgan fingerprint density at radius 2 is 1.08 bits per heavy atom. The quantitative estimate of drug-likeness (QED) is 0.376. The lowest BCUT2D eigenvalue weighted by Crippen LogP contribution is -2.53. The monoisotopic (exact) mass is 496 g/mol. The molecule has 202 valence electrons. The first-order valence-electron chi connectivity index (χ1n) is 14.3. The molecular formula is C32H52N2O2. The molecule has 0 aromatic heterocycles. The fourth-order valence-corrected chi connectivity index (χ4v) is 7.52. The number of rotatable bonds is 8. The van der Waals surface area contributed by atoms with Crippen LogP contribution in [0.25, 0.3) is 0 Å². The van der Waals surface area contributed by atoms with Crippen molar-refractivity contribution in [2.75, 3.05) is 23.9 Å². The first kappa shape index (κ1) is 28.7. The molecule has 2 aliphatic carbocycles. The minimum atomic E-state index is -0.0726. The van der Waals surface area contributed by atoms with E-state index in [1.54, 1.807) is 13.8 Å². The summed E-state index contributed by atoms with van der Waals surface area (Å²) in [5.74, 6) is 2.92. The summed E-state index contributed by atoms with van der Waals surface area (Å²) in [6, 6.07) is 8.73. The van der Waals surface area contributed by atoms with Crippen LogP contribution in [-0.4, -0.2) is 36.7 Å². The van der Waals surface area contributed by atoms with Crippen LogP contribution in [0.3, 0.4) is 0 Å². The van der Waals surface area contributed by atoms with Gasteiger partial charge in [0.2, 0.25) is 0 Å². The minimum Gasteiger partial charge on any atom is -0.367 e. The Kier molecular flexibility index (Phi) is 8.68. The highest BCUT2D eigenvalue weighted by Crippen LogP contribution is 2.48. The third kappa shape index (κ3) is 5.53. The highest BCUT2D eigenvalue weighted by Gasteiger charge is 2.46. The summed E-state index contributed by atoms with van der Waals surface area (Å²) >= 11 is 0. The number of benzene rings is 1. The smallest absolute Gasteiger partial charge is 0.133 e. The zero-order valence-electron chi connectivity index (χ0n) is 24.7. The van der Waals surface area contributed by atoms with Crippen LogP contribution >= 0.6 is 0 Å². The molecule has 0 spiro atoms. The number of anilines is 2. The lowest BCUT2D eigenvalue weighted by atomic mass is 9.65. The van der Waals surface area contributed by atoms with Crippen molar-refractivity contribution in [1.82, 2.24) is 0 Å². The van der Waals surface area contributed by atoms with Crippen molar-refractivity contribution >= 4 is 22.9 Å². The van der Waals surface area contributed by atoms with Crippen LogP contribution < -0.4 is 9.80 Å². The third-order valence-corrected chi connectivity index (χ3v) is 10.4. The standard InChI is InChI=1S/C32H52N2O2/c1-21(2)25-15-17-31(7,19-27(25)23(5)35)33(9)29-13-11-12-14-30(29)34(10)32(8)18-16-26(22(3)4)28(20-32)24(6)36/h11-14,21-22,25-28H,15-20H2,1-10H3. The van der Waals surface area contributed by atoms with E-state index in [0.29, 0.717) is 35.2 Å². The predicted molar refractivity (Wildman–Crippen MR) is 153 cm³/mol.